The molecule has 1 aromatic carbocycles. The van der Waals surface area contributed by atoms with Gasteiger partial charge in [0.1, 0.15) is 5.82 Å². The molecule has 2 aromatic rings. The molecule has 0 unspecified atom stereocenters. The second kappa shape index (κ2) is 5.71. The topological polar surface area (TPSA) is 77.2 Å². The van der Waals surface area contributed by atoms with Crippen molar-refractivity contribution in [3.05, 3.63) is 46.6 Å². The summed E-state index contributed by atoms with van der Waals surface area (Å²) in [5.41, 5.74) is 6.54. The quantitative estimate of drug-likeness (QED) is 0.852. The van der Waals surface area contributed by atoms with E-state index in [1.54, 1.807) is 36.5 Å². The van der Waals surface area contributed by atoms with Gasteiger partial charge in [-0.1, -0.05) is 6.07 Å². The summed E-state index contributed by atoms with van der Waals surface area (Å²) in [6, 6.07) is 8.56. The lowest BCUT2D eigenvalue weighted by Crippen LogP contribution is -2.15. The van der Waals surface area contributed by atoms with Crippen molar-refractivity contribution in [2.75, 3.05) is 18.2 Å². The number of anilines is 2. The monoisotopic (exact) mass is 321 g/mol. The summed E-state index contributed by atoms with van der Waals surface area (Å²) >= 11 is 3.31. The number of nitrogens with two attached hydrogens (primary N) is 1. The minimum Gasteiger partial charge on any atom is -0.494 e. The van der Waals surface area contributed by atoms with Crippen LogP contribution in [0.3, 0.4) is 0 Å². The van der Waals surface area contributed by atoms with Gasteiger partial charge >= 0.3 is 0 Å². The zero-order chi connectivity index (χ0) is 13.8. The fraction of sp³-hybridized carbons (Fsp3) is 0.0769. The standard InChI is InChI=1S/C13H12BrN3O2/c1-19-11-8(4-2-6-10(11)15)13(18)17-12-9(14)5-3-7-16-12/h2-7H,15H2,1H3,(H,16,17,18). The first-order valence-electron chi connectivity index (χ1n) is 5.48. The highest BCUT2D eigenvalue weighted by molar-refractivity contribution is 9.10. The summed E-state index contributed by atoms with van der Waals surface area (Å²) in [5.74, 6) is 0.465. The number of hydrogen-bond acceptors (Lipinski definition) is 4. The Bertz CT molecular complexity index is 617. The highest BCUT2D eigenvalue weighted by atomic mass is 79.9. The summed E-state index contributed by atoms with van der Waals surface area (Å²) in [4.78, 5) is 16.3. The number of para-hydroxylation sites is 1. The summed E-state index contributed by atoms with van der Waals surface area (Å²) < 4.78 is 5.85. The molecule has 2 rings (SSSR count). The second-order valence-corrected chi connectivity index (χ2v) is 4.57. The van der Waals surface area contributed by atoms with Crippen LogP contribution in [-0.4, -0.2) is 18.0 Å². The van der Waals surface area contributed by atoms with Gasteiger partial charge in [-0.2, -0.15) is 0 Å². The van der Waals surface area contributed by atoms with Gasteiger partial charge in [-0.25, -0.2) is 4.98 Å². The van der Waals surface area contributed by atoms with Crippen molar-refractivity contribution in [1.82, 2.24) is 4.98 Å². The SMILES string of the molecule is COc1c(N)cccc1C(=O)Nc1ncccc1Br. The molecule has 5 nitrogen and oxygen atoms in total. The van der Waals surface area contributed by atoms with Crippen LogP contribution in [0.25, 0.3) is 0 Å². The lowest BCUT2D eigenvalue weighted by molar-refractivity contribution is 0.102. The lowest BCUT2D eigenvalue weighted by Gasteiger charge is -2.11. The maximum atomic E-state index is 12.2. The fourth-order valence-corrected chi connectivity index (χ4v) is 1.97. The fourth-order valence-electron chi connectivity index (χ4n) is 1.61. The molecule has 0 saturated carbocycles. The number of halogens is 1. The number of carbonyl (C=O) groups excluding carboxylic acids is 1. The van der Waals surface area contributed by atoms with Gasteiger partial charge in [-0.15, -0.1) is 0 Å². The van der Waals surface area contributed by atoms with Gasteiger partial charge in [0.25, 0.3) is 5.91 Å². The molecule has 1 amide bonds. The van der Waals surface area contributed by atoms with E-state index < -0.39 is 0 Å². The van der Waals surface area contributed by atoms with E-state index >= 15 is 0 Å². The average Bonchev–Trinajstić information content (AvgIpc) is 2.41. The number of amides is 1. The Hall–Kier alpha value is -2.08. The smallest absolute Gasteiger partial charge is 0.260 e. The Morgan fingerprint density at radius 1 is 1.37 bits per heavy atom. The van der Waals surface area contributed by atoms with Gasteiger partial charge < -0.3 is 15.8 Å². The second-order valence-electron chi connectivity index (χ2n) is 3.72. The molecule has 19 heavy (non-hydrogen) atoms. The van der Waals surface area contributed by atoms with Gasteiger partial charge in [0.15, 0.2) is 5.75 Å². The molecule has 1 aromatic heterocycles. The predicted octanol–water partition coefficient (Wildman–Crippen LogP) is 2.69. The maximum Gasteiger partial charge on any atom is 0.260 e. The Kier molecular flexibility index (Phi) is 4.01. The van der Waals surface area contributed by atoms with Crippen molar-refractivity contribution < 1.29 is 9.53 Å². The molecule has 3 N–H and O–H groups in total. The molecule has 0 aliphatic carbocycles. The Balaban J connectivity index is 2.31. The first-order valence-corrected chi connectivity index (χ1v) is 6.27. The molecule has 0 bridgehead atoms. The molecule has 0 spiro atoms. The number of aromatic nitrogens is 1. The third-order valence-corrected chi connectivity index (χ3v) is 3.12. The molecule has 0 fully saturated rings. The third kappa shape index (κ3) is 2.85. The summed E-state index contributed by atoms with van der Waals surface area (Å²) in [7, 11) is 1.47. The van der Waals surface area contributed by atoms with Crippen LogP contribution >= 0.6 is 15.9 Å². The molecular formula is C13H12BrN3O2. The van der Waals surface area contributed by atoms with E-state index in [2.05, 4.69) is 26.2 Å². The maximum absolute atomic E-state index is 12.2. The number of carbonyl (C=O) groups is 1. The third-order valence-electron chi connectivity index (χ3n) is 2.48. The van der Waals surface area contributed by atoms with Gasteiger partial charge in [0, 0.05) is 6.20 Å². The normalized spacial score (nSPS) is 10.0. The Morgan fingerprint density at radius 2 is 2.16 bits per heavy atom. The van der Waals surface area contributed by atoms with Crippen LogP contribution < -0.4 is 15.8 Å². The Labute approximate surface area is 118 Å². The molecular weight excluding hydrogens is 310 g/mol. The average molecular weight is 322 g/mol. The number of rotatable bonds is 3. The summed E-state index contributed by atoms with van der Waals surface area (Å²) in [6.45, 7) is 0. The van der Waals surface area contributed by atoms with Crippen molar-refractivity contribution in [1.29, 1.82) is 0 Å². The van der Waals surface area contributed by atoms with Gasteiger partial charge in [-0.05, 0) is 40.2 Å². The molecule has 0 atom stereocenters. The van der Waals surface area contributed by atoms with E-state index in [-0.39, 0.29) is 5.91 Å². The summed E-state index contributed by atoms with van der Waals surface area (Å²) in [6.07, 6.45) is 1.59. The predicted molar refractivity (Wildman–Crippen MR) is 77.3 cm³/mol. The van der Waals surface area contributed by atoms with Gasteiger partial charge in [-0.3, -0.25) is 4.79 Å². The van der Waals surface area contributed by atoms with Crippen molar-refractivity contribution in [2.45, 2.75) is 0 Å². The molecule has 98 valence electrons. The largest absolute Gasteiger partial charge is 0.494 e. The van der Waals surface area contributed by atoms with Crippen molar-refractivity contribution in [2.24, 2.45) is 0 Å². The van der Waals surface area contributed by atoms with E-state index in [9.17, 15) is 4.79 Å². The van der Waals surface area contributed by atoms with Crippen LogP contribution in [0.15, 0.2) is 41.0 Å². The van der Waals surface area contributed by atoms with E-state index in [0.717, 1.165) is 0 Å². The van der Waals surface area contributed by atoms with Crippen LogP contribution in [0.2, 0.25) is 0 Å². The van der Waals surface area contributed by atoms with Crippen LogP contribution in [-0.2, 0) is 0 Å². The number of ether oxygens (including phenoxy) is 1. The number of methoxy groups -OCH3 is 1. The van der Waals surface area contributed by atoms with Crippen LogP contribution in [0, 0.1) is 0 Å². The zero-order valence-corrected chi connectivity index (χ0v) is 11.8. The molecule has 6 heteroatoms. The number of pyridine rings is 1. The van der Waals surface area contributed by atoms with E-state index in [4.69, 9.17) is 10.5 Å². The number of nitrogens with one attached hydrogen (secondary N) is 1. The molecule has 0 radical (unpaired) electrons. The van der Waals surface area contributed by atoms with Crippen LogP contribution in [0.4, 0.5) is 11.5 Å². The highest BCUT2D eigenvalue weighted by Crippen LogP contribution is 2.27. The van der Waals surface area contributed by atoms with E-state index in [1.165, 1.54) is 7.11 Å². The van der Waals surface area contributed by atoms with Gasteiger partial charge in [0.2, 0.25) is 0 Å². The van der Waals surface area contributed by atoms with Crippen molar-refractivity contribution in [3.63, 3.8) is 0 Å². The van der Waals surface area contributed by atoms with Crippen LogP contribution in [0.5, 0.6) is 5.75 Å². The van der Waals surface area contributed by atoms with Gasteiger partial charge in [0.05, 0.1) is 22.8 Å². The Morgan fingerprint density at radius 3 is 2.84 bits per heavy atom. The minimum absolute atomic E-state index is 0.330. The lowest BCUT2D eigenvalue weighted by atomic mass is 10.1. The number of nitrogens with zero attached hydrogens (tertiary/aromatic N) is 1. The number of benzene rings is 1. The molecule has 1 heterocycles. The van der Waals surface area contributed by atoms with Crippen LogP contribution in [0.1, 0.15) is 10.4 Å². The van der Waals surface area contributed by atoms with E-state index in [1.807, 2.05) is 0 Å². The first-order chi connectivity index (χ1) is 9.13. The molecule has 0 saturated heterocycles. The highest BCUT2D eigenvalue weighted by Gasteiger charge is 2.15. The minimum atomic E-state index is -0.330. The van der Waals surface area contributed by atoms with Crippen molar-refractivity contribution in [3.8, 4) is 5.75 Å². The summed E-state index contributed by atoms with van der Waals surface area (Å²) in [5, 5.41) is 2.70. The van der Waals surface area contributed by atoms with Crippen molar-refractivity contribution >= 4 is 33.3 Å². The number of nitrogen functional groups attached to an aromatic ring is 1. The zero-order valence-electron chi connectivity index (χ0n) is 10.2. The van der Waals surface area contributed by atoms with E-state index in [0.29, 0.717) is 27.3 Å². The molecule has 0 aliphatic heterocycles. The number of hydrogen-bond donors (Lipinski definition) is 2. The first kappa shape index (κ1) is 13.4. The molecule has 0 aliphatic rings.